The van der Waals surface area contributed by atoms with E-state index in [4.69, 9.17) is 4.42 Å². The molecule has 24 heavy (non-hydrogen) atoms. The van der Waals surface area contributed by atoms with Gasteiger partial charge in [-0.1, -0.05) is 42.5 Å². The maximum Gasteiger partial charge on any atom is 0.351 e. The second-order valence-electron chi connectivity index (χ2n) is 5.32. The van der Waals surface area contributed by atoms with E-state index in [1.807, 2.05) is 30.3 Å². The smallest absolute Gasteiger partial charge is 0.351 e. The minimum atomic E-state index is -1.33. The lowest BCUT2D eigenvalue weighted by Crippen LogP contribution is -2.16. The second kappa shape index (κ2) is 5.31. The Morgan fingerprint density at radius 2 is 1.67 bits per heavy atom. The van der Waals surface area contributed by atoms with Gasteiger partial charge in [0.2, 0.25) is 0 Å². The van der Waals surface area contributed by atoms with Crippen LogP contribution >= 0.6 is 0 Å². The van der Waals surface area contributed by atoms with E-state index in [1.54, 1.807) is 30.5 Å². The molecule has 0 atom stereocenters. The fraction of sp³-hybridized carbons (Fsp3) is 0. The van der Waals surface area contributed by atoms with Gasteiger partial charge in [0.25, 0.3) is 0 Å². The lowest BCUT2D eigenvalue weighted by atomic mass is 9.97. The molecule has 0 unspecified atom stereocenters. The molecule has 116 valence electrons. The zero-order valence-electron chi connectivity index (χ0n) is 12.4. The van der Waals surface area contributed by atoms with E-state index in [0.29, 0.717) is 16.7 Å². The van der Waals surface area contributed by atoms with Gasteiger partial charge in [0, 0.05) is 22.5 Å². The number of aromatic carboxylic acids is 1. The number of fused-ring (bicyclic) bond motifs is 2. The van der Waals surface area contributed by atoms with Crippen LogP contribution in [0.3, 0.4) is 0 Å². The lowest BCUT2D eigenvalue weighted by Gasteiger charge is -2.11. The molecule has 0 saturated carbocycles. The molecular formula is C19H11NO4. The van der Waals surface area contributed by atoms with Gasteiger partial charge in [-0.2, -0.15) is 0 Å². The maximum atomic E-state index is 12.2. The number of aromatic nitrogens is 1. The number of para-hydroxylation sites is 1. The monoisotopic (exact) mass is 317 g/mol. The third-order valence-corrected chi connectivity index (χ3v) is 3.94. The first-order valence-corrected chi connectivity index (χ1v) is 7.30. The van der Waals surface area contributed by atoms with E-state index in [0.717, 1.165) is 10.8 Å². The SMILES string of the molecule is O=C(O)c1c(-c2nccc3ccccc23)c2ccccc2oc1=O. The van der Waals surface area contributed by atoms with Crippen molar-refractivity contribution in [1.29, 1.82) is 0 Å². The Bertz CT molecular complexity index is 1160. The molecule has 2 aromatic heterocycles. The van der Waals surface area contributed by atoms with Crippen LogP contribution in [-0.4, -0.2) is 16.1 Å². The Hall–Kier alpha value is -3.47. The van der Waals surface area contributed by atoms with Crippen molar-refractivity contribution >= 4 is 27.7 Å². The number of benzene rings is 2. The molecule has 0 aliphatic rings. The van der Waals surface area contributed by atoms with Crippen molar-refractivity contribution in [3.8, 4) is 11.3 Å². The number of carbonyl (C=O) groups is 1. The van der Waals surface area contributed by atoms with Crippen molar-refractivity contribution in [3.05, 3.63) is 76.8 Å². The largest absolute Gasteiger partial charge is 0.477 e. The summed E-state index contributed by atoms with van der Waals surface area (Å²) in [6, 6.07) is 16.2. The van der Waals surface area contributed by atoms with E-state index in [1.165, 1.54) is 0 Å². The summed E-state index contributed by atoms with van der Waals surface area (Å²) >= 11 is 0. The molecule has 0 fully saturated rings. The van der Waals surface area contributed by atoms with Crippen molar-refractivity contribution in [2.24, 2.45) is 0 Å². The fourth-order valence-corrected chi connectivity index (χ4v) is 2.91. The molecule has 0 aliphatic heterocycles. The summed E-state index contributed by atoms with van der Waals surface area (Å²) in [5, 5.41) is 11.8. The van der Waals surface area contributed by atoms with Gasteiger partial charge < -0.3 is 9.52 Å². The Kier molecular flexibility index (Phi) is 3.13. The average molecular weight is 317 g/mol. The molecule has 5 nitrogen and oxygen atoms in total. The van der Waals surface area contributed by atoms with Crippen LogP contribution in [0.25, 0.3) is 33.0 Å². The van der Waals surface area contributed by atoms with Crippen LogP contribution in [0.1, 0.15) is 10.4 Å². The molecule has 4 aromatic rings. The number of hydrogen-bond acceptors (Lipinski definition) is 4. The van der Waals surface area contributed by atoms with E-state index in [9.17, 15) is 14.7 Å². The molecule has 4 rings (SSSR count). The number of hydrogen-bond donors (Lipinski definition) is 1. The molecule has 0 aliphatic carbocycles. The predicted molar refractivity (Wildman–Crippen MR) is 90.2 cm³/mol. The molecule has 0 radical (unpaired) electrons. The van der Waals surface area contributed by atoms with Crippen LogP contribution in [0.2, 0.25) is 0 Å². The quantitative estimate of drug-likeness (QED) is 0.570. The van der Waals surface area contributed by atoms with E-state index in [2.05, 4.69) is 4.98 Å². The highest BCUT2D eigenvalue weighted by molar-refractivity contribution is 6.09. The van der Waals surface area contributed by atoms with Crippen LogP contribution in [0.15, 0.2) is 70.0 Å². The Morgan fingerprint density at radius 1 is 0.958 bits per heavy atom. The number of carboxylic acid groups (broad SMARTS) is 1. The average Bonchev–Trinajstić information content (AvgIpc) is 2.60. The molecule has 0 amide bonds. The van der Waals surface area contributed by atoms with E-state index >= 15 is 0 Å². The summed E-state index contributed by atoms with van der Waals surface area (Å²) in [5.41, 5.74) is -0.221. The second-order valence-corrected chi connectivity index (χ2v) is 5.32. The normalized spacial score (nSPS) is 11.0. The van der Waals surface area contributed by atoms with Gasteiger partial charge >= 0.3 is 11.6 Å². The molecule has 2 aromatic carbocycles. The van der Waals surface area contributed by atoms with Gasteiger partial charge in [-0.3, -0.25) is 4.98 Å². The summed E-state index contributed by atoms with van der Waals surface area (Å²) in [4.78, 5) is 28.3. The van der Waals surface area contributed by atoms with Gasteiger partial charge in [-0.15, -0.1) is 0 Å². The Labute approximate surface area is 135 Å². The van der Waals surface area contributed by atoms with Crippen LogP contribution < -0.4 is 5.63 Å². The number of carboxylic acids is 1. The van der Waals surface area contributed by atoms with Crippen molar-refractivity contribution < 1.29 is 14.3 Å². The van der Waals surface area contributed by atoms with Crippen LogP contribution in [0, 0.1) is 0 Å². The maximum absolute atomic E-state index is 12.2. The minimum Gasteiger partial charge on any atom is -0.477 e. The van der Waals surface area contributed by atoms with Gasteiger partial charge in [0.05, 0.1) is 5.69 Å². The number of rotatable bonds is 2. The van der Waals surface area contributed by atoms with Gasteiger partial charge in [0.1, 0.15) is 5.58 Å². The fourth-order valence-electron chi connectivity index (χ4n) is 2.91. The van der Waals surface area contributed by atoms with Gasteiger partial charge in [0.15, 0.2) is 5.56 Å². The van der Waals surface area contributed by atoms with Crippen molar-refractivity contribution in [1.82, 2.24) is 4.98 Å². The first-order chi connectivity index (χ1) is 11.7. The third kappa shape index (κ3) is 2.06. The van der Waals surface area contributed by atoms with Gasteiger partial charge in [-0.05, 0) is 17.5 Å². The van der Waals surface area contributed by atoms with Crippen LogP contribution in [0.5, 0.6) is 0 Å². The first kappa shape index (κ1) is 14.1. The van der Waals surface area contributed by atoms with E-state index < -0.39 is 17.2 Å². The van der Waals surface area contributed by atoms with Gasteiger partial charge in [-0.25, -0.2) is 9.59 Å². The van der Waals surface area contributed by atoms with Crippen molar-refractivity contribution in [2.75, 3.05) is 0 Å². The summed E-state index contributed by atoms with van der Waals surface area (Å²) < 4.78 is 5.16. The molecule has 0 bridgehead atoms. The summed E-state index contributed by atoms with van der Waals surface area (Å²) in [7, 11) is 0. The molecule has 5 heteroatoms. The minimum absolute atomic E-state index is 0.283. The topological polar surface area (TPSA) is 80.4 Å². The zero-order chi connectivity index (χ0) is 16.7. The summed E-state index contributed by atoms with van der Waals surface area (Å²) in [6.45, 7) is 0. The first-order valence-electron chi connectivity index (χ1n) is 7.30. The number of nitrogens with zero attached hydrogens (tertiary/aromatic N) is 1. The molecule has 0 saturated heterocycles. The summed E-state index contributed by atoms with van der Waals surface area (Å²) in [6.07, 6.45) is 1.60. The zero-order valence-corrected chi connectivity index (χ0v) is 12.4. The highest BCUT2D eigenvalue weighted by atomic mass is 16.4. The van der Waals surface area contributed by atoms with Crippen molar-refractivity contribution in [2.45, 2.75) is 0 Å². The van der Waals surface area contributed by atoms with Crippen LogP contribution in [-0.2, 0) is 0 Å². The van der Waals surface area contributed by atoms with E-state index in [-0.39, 0.29) is 5.56 Å². The summed E-state index contributed by atoms with van der Waals surface area (Å²) in [5.74, 6) is -1.33. The highest BCUT2D eigenvalue weighted by Gasteiger charge is 2.23. The number of pyridine rings is 1. The van der Waals surface area contributed by atoms with Crippen molar-refractivity contribution in [3.63, 3.8) is 0 Å². The Balaban J connectivity index is 2.25. The van der Waals surface area contributed by atoms with Crippen LogP contribution in [0.4, 0.5) is 0 Å². The molecule has 2 heterocycles. The highest BCUT2D eigenvalue weighted by Crippen LogP contribution is 2.33. The molecule has 0 spiro atoms. The standard InChI is InChI=1S/C19H11NO4/c21-18(22)16-15(13-7-3-4-8-14(13)24-19(16)23)17-12-6-2-1-5-11(12)9-10-20-17/h1-10H,(H,21,22). The molecule has 1 N–H and O–H groups in total. The Morgan fingerprint density at radius 3 is 2.46 bits per heavy atom. The third-order valence-electron chi connectivity index (χ3n) is 3.94. The lowest BCUT2D eigenvalue weighted by molar-refractivity contribution is 0.0693. The molecular weight excluding hydrogens is 306 g/mol. The predicted octanol–water partition coefficient (Wildman–Crippen LogP) is 3.71.